The Balaban J connectivity index is 1.88. The number of methoxy groups -OCH3 is 1. The summed E-state index contributed by atoms with van der Waals surface area (Å²) in [6.07, 6.45) is 1.45. The van der Waals surface area contributed by atoms with Gasteiger partial charge in [0.2, 0.25) is 11.8 Å². The number of hydrogen-bond acceptors (Lipinski definition) is 4. The molecular formula is C15H16F2N4O3. The maximum absolute atomic E-state index is 13.4. The van der Waals surface area contributed by atoms with E-state index in [1.54, 1.807) is 7.05 Å². The third-order valence-electron chi connectivity index (χ3n) is 3.17. The largest absolute Gasteiger partial charge is 0.479 e. The van der Waals surface area contributed by atoms with Gasteiger partial charge in [-0.3, -0.25) is 14.3 Å². The van der Waals surface area contributed by atoms with Crippen molar-refractivity contribution in [1.29, 1.82) is 0 Å². The van der Waals surface area contributed by atoms with Crippen LogP contribution in [0.1, 0.15) is 15.9 Å². The first-order chi connectivity index (χ1) is 11.4. The molecule has 0 unspecified atom stereocenters. The van der Waals surface area contributed by atoms with Crippen LogP contribution in [0.4, 0.5) is 8.78 Å². The van der Waals surface area contributed by atoms with Crippen LogP contribution >= 0.6 is 0 Å². The number of hydrogen-bond donors (Lipinski definition) is 2. The molecule has 0 spiro atoms. The monoisotopic (exact) mass is 338 g/mol. The Bertz CT molecular complexity index is 741. The zero-order valence-corrected chi connectivity index (χ0v) is 13.1. The summed E-state index contributed by atoms with van der Waals surface area (Å²) in [6.45, 7) is -0.670. The average Bonchev–Trinajstić information content (AvgIpc) is 2.93. The van der Waals surface area contributed by atoms with Crippen molar-refractivity contribution in [3.63, 3.8) is 0 Å². The Morgan fingerprint density at radius 2 is 1.92 bits per heavy atom. The van der Waals surface area contributed by atoms with Crippen molar-refractivity contribution >= 4 is 11.8 Å². The fourth-order valence-electron chi connectivity index (χ4n) is 1.98. The molecular weight excluding hydrogens is 322 g/mol. The summed E-state index contributed by atoms with van der Waals surface area (Å²) in [4.78, 5) is 23.7. The maximum atomic E-state index is 13.4. The summed E-state index contributed by atoms with van der Waals surface area (Å²) < 4.78 is 33.2. The highest BCUT2D eigenvalue weighted by Crippen LogP contribution is 2.14. The van der Waals surface area contributed by atoms with E-state index in [2.05, 4.69) is 15.7 Å². The molecule has 128 valence electrons. The summed E-state index contributed by atoms with van der Waals surface area (Å²) in [5.41, 5.74) is -0.0703. The molecule has 0 aliphatic rings. The van der Waals surface area contributed by atoms with Gasteiger partial charge < -0.3 is 15.4 Å². The van der Waals surface area contributed by atoms with E-state index in [0.717, 1.165) is 12.1 Å². The van der Waals surface area contributed by atoms with Crippen LogP contribution < -0.4 is 15.4 Å². The number of halogens is 2. The smallest absolute Gasteiger partial charge is 0.258 e. The molecule has 2 aromatic rings. The summed E-state index contributed by atoms with van der Waals surface area (Å²) in [5, 5.41) is 8.64. The van der Waals surface area contributed by atoms with E-state index in [0.29, 0.717) is 0 Å². The van der Waals surface area contributed by atoms with E-state index >= 15 is 0 Å². The SMILES string of the molecule is COc1nn(C)cc1C(=O)NCC(=O)NCc1c(F)cccc1F. The lowest BCUT2D eigenvalue weighted by Crippen LogP contribution is -2.36. The zero-order valence-electron chi connectivity index (χ0n) is 13.1. The molecule has 9 heteroatoms. The summed E-state index contributed by atoms with van der Waals surface area (Å²) in [6, 6.07) is 3.43. The van der Waals surface area contributed by atoms with Gasteiger partial charge >= 0.3 is 0 Å². The van der Waals surface area contributed by atoms with E-state index in [1.165, 1.54) is 24.1 Å². The Morgan fingerprint density at radius 1 is 1.25 bits per heavy atom. The van der Waals surface area contributed by atoms with Crippen molar-refractivity contribution in [2.75, 3.05) is 13.7 Å². The van der Waals surface area contributed by atoms with Gasteiger partial charge in [-0.15, -0.1) is 5.10 Å². The molecule has 7 nitrogen and oxygen atoms in total. The van der Waals surface area contributed by atoms with Gasteiger partial charge in [-0.2, -0.15) is 0 Å². The van der Waals surface area contributed by atoms with Crippen LogP contribution in [0.3, 0.4) is 0 Å². The number of carbonyl (C=O) groups excluding carboxylic acids is 2. The van der Waals surface area contributed by atoms with Crippen LogP contribution in [0.15, 0.2) is 24.4 Å². The van der Waals surface area contributed by atoms with Crippen LogP contribution in [0.5, 0.6) is 5.88 Å². The molecule has 2 amide bonds. The van der Waals surface area contributed by atoms with Gasteiger partial charge in [0.15, 0.2) is 0 Å². The van der Waals surface area contributed by atoms with Crippen LogP contribution in [0, 0.1) is 11.6 Å². The molecule has 0 aliphatic carbocycles. The maximum Gasteiger partial charge on any atom is 0.258 e. The Hall–Kier alpha value is -2.97. The zero-order chi connectivity index (χ0) is 17.7. The predicted octanol–water partition coefficient (Wildman–Crippen LogP) is 0.753. The van der Waals surface area contributed by atoms with E-state index in [4.69, 9.17) is 4.74 Å². The highest BCUT2D eigenvalue weighted by molar-refractivity contribution is 5.98. The second-order valence-electron chi connectivity index (χ2n) is 4.89. The molecule has 1 heterocycles. The van der Waals surface area contributed by atoms with Crippen LogP contribution in [-0.4, -0.2) is 35.2 Å². The number of nitrogens with zero attached hydrogens (tertiary/aromatic N) is 2. The first-order valence-electron chi connectivity index (χ1n) is 6.97. The molecule has 0 atom stereocenters. The predicted molar refractivity (Wildman–Crippen MR) is 80.3 cm³/mol. The lowest BCUT2D eigenvalue weighted by Gasteiger charge is -2.08. The van der Waals surface area contributed by atoms with Gasteiger partial charge in [0.05, 0.1) is 13.7 Å². The first kappa shape index (κ1) is 17.4. The molecule has 1 aromatic heterocycles. The van der Waals surface area contributed by atoms with Gasteiger partial charge in [0.25, 0.3) is 5.91 Å². The molecule has 0 saturated heterocycles. The van der Waals surface area contributed by atoms with Gasteiger partial charge in [-0.25, -0.2) is 8.78 Å². The highest BCUT2D eigenvalue weighted by Gasteiger charge is 2.17. The van der Waals surface area contributed by atoms with E-state index in [9.17, 15) is 18.4 Å². The van der Waals surface area contributed by atoms with Crippen molar-refractivity contribution in [3.8, 4) is 5.88 Å². The Labute approximate surface area is 136 Å². The lowest BCUT2D eigenvalue weighted by molar-refractivity contribution is -0.120. The van der Waals surface area contributed by atoms with Gasteiger partial charge in [0.1, 0.15) is 17.2 Å². The molecule has 0 aliphatic heterocycles. The minimum absolute atomic E-state index is 0.129. The minimum atomic E-state index is -0.751. The second-order valence-corrected chi connectivity index (χ2v) is 4.89. The van der Waals surface area contributed by atoms with Crippen molar-refractivity contribution in [3.05, 3.63) is 47.2 Å². The summed E-state index contributed by atoms with van der Waals surface area (Å²) in [5.74, 6) is -2.51. The number of nitrogens with one attached hydrogen (secondary N) is 2. The van der Waals surface area contributed by atoms with Crippen molar-refractivity contribution in [2.45, 2.75) is 6.54 Å². The van der Waals surface area contributed by atoms with Crippen LogP contribution in [-0.2, 0) is 18.4 Å². The minimum Gasteiger partial charge on any atom is -0.479 e. The second kappa shape index (κ2) is 7.53. The molecule has 0 fully saturated rings. The third kappa shape index (κ3) is 4.06. The topological polar surface area (TPSA) is 85.2 Å². The highest BCUT2D eigenvalue weighted by atomic mass is 19.1. The van der Waals surface area contributed by atoms with Crippen LogP contribution in [0.25, 0.3) is 0 Å². The molecule has 2 rings (SSSR count). The first-order valence-corrected chi connectivity index (χ1v) is 6.97. The quantitative estimate of drug-likeness (QED) is 0.814. The number of benzene rings is 1. The average molecular weight is 338 g/mol. The van der Waals surface area contributed by atoms with Crippen LogP contribution in [0.2, 0.25) is 0 Å². The van der Waals surface area contributed by atoms with Gasteiger partial charge in [0, 0.05) is 25.4 Å². The Morgan fingerprint density at radius 3 is 2.54 bits per heavy atom. The summed E-state index contributed by atoms with van der Waals surface area (Å²) >= 11 is 0. The number of rotatable bonds is 6. The number of amides is 2. The number of carbonyl (C=O) groups is 2. The van der Waals surface area contributed by atoms with E-state index in [1.807, 2.05) is 0 Å². The van der Waals surface area contributed by atoms with Crippen molar-refractivity contribution in [1.82, 2.24) is 20.4 Å². The van der Waals surface area contributed by atoms with Crippen molar-refractivity contribution in [2.24, 2.45) is 7.05 Å². The number of aromatic nitrogens is 2. The third-order valence-corrected chi connectivity index (χ3v) is 3.17. The molecule has 2 N–H and O–H groups in total. The molecule has 1 aromatic carbocycles. The molecule has 24 heavy (non-hydrogen) atoms. The summed E-state index contributed by atoms with van der Waals surface area (Å²) in [7, 11) is 2.99. The van der Waals surface area contributed by atoms with Gasteiger partial charge in [-0.1, -0.05) is 6.07 Å². The van der Waals surface area contributed by atoms with Crippen molar-refractivity contribution < 1.29 is 23.1 Å². The number of ether oxygens (including phenoxy) is 1. The van der Waals surface area contributed by atoms with E-state index < -0.39 is 23.4 Å². The standard InChI is InChI=1S/C15H16F2N4O3/c1-21-8-10(15(20-21)24-2)14(23)19-7-13(22)18-6-9-11(16)4-3-5-12(9)17/h3-5,8H,6-7H2,1-2H3,(H,18,22)(H,19,23). The molecule has 0 radical (unpaired) electrons. The number of aryl methyl sites for hydroxylation is 1. The fraction of sp³-hybridized carbons (Fsp3) is 0.267. The van der Waals surface area contributed by atoms with Gasteiger partial charge in [-0.05, 0) is 12.1 Å². The normalized spacial score (nSPS) is 10.3. The lowest BCUT2D eigenvalue weighted by atomic mass is 10.2. The molecule has 0 saturated carbocycles. The molecule has 0 bridgehead atoms. The Kier molecular flexibility index (Phi) is 5.46. The van der Waals surface area contributed by atoms with E-state index in [-0.39, 0.29) is 30.1 Å². The fourth-order valence-corrected chi connectivity index (χ4v) is 1.98.